The lowest BCUT2D eigenvalue weighted by atomic mass is 9.88. The van der Waals surface area contributed by atoms with Crippen molar-refractivity contribution in [2.24, 2.45) is 5.92 Å². The van der Waals surface area contributed by atoms with Crippen molar-refractivity contribution in [3.8, 4) is 11.4 Å². The molecule has 1 amide bonds. The third-order valence-electron chi connectivity index (χ3n) is 5.19. The number of hydrogen-bond acceptors (Lipinski definition) is 6. The van der Waals surface area contributed by atoms with Crippen LogP contribution in [-0.4, -0.2) is 31.4 Å². The molecule has 1 aliphatic rings. The van der Waals surface area contributed by atoms with Crippen molar-refractivity contribution in [3.63, 3.8) is 0 Å². The molecule has 0 fully saturated rings. The minimum atomic E-state index is -0.156. The first kappa shape index (κ1) is 21.3. The Hall–Kier alpha value is -1.90. The zero-order chi connectivity index (χ0) is 21.3. The van der Waals surface area contributed by atoms with Crippen molar-refractivity contribution in [2.45, 2.75) is 51.2 Å². The summed E-state index contributed by atoms with van der Waals surface area (Å²) in [5.74, 6) is 1.70. The molecule has 1 aliphatic carbocycles. The smallest absolute Gasteiger partial charge is 0.234 e. The van der Waals surface area contributed by atoms with E-state index in [0.29, 0.717) is 5.69 Å². The largest absolute Gasteiger partial charge is 0.323 e. The highest BCUT2D eigenvalue weighted by Gasteiger charge is 2.25. The normalized spacial score (nSPS) is 16.0. The molecule has 158 valence electrons. The van der Waals surface area contributed by atoms with Crippen molar-refractivity contribution >= 4 is 46.3 Å². The van der Waals surface area contributed by atoms with Crippen LogP contribution in [0.25, 0.3) is 11.4 Å². The molecule has 0 bridgehead atoms. The number of anilines is 1. The lowest BCUT2D eigenvalue weighted by Gasteiger charge is -2.19. The molecule has 1 atom stereocenters. The van der Waals surface area contributed by atoms with Gasteiger partial charge in [0.25, 0.3) is 0 Å². The molecular weight excluding hydrogens is 438 g/mol. The molecule has 1 N–H and O–H groups in total. The Morgan fingerprint density at radius 1 is 1.43 bits per heavy atom. The molecule has 0 radical (unpaired) electrons. The molecule has 3 aromatic heterocycles. The Balaban J connectivity index is 1.52. The third kappa shape index (κ3) is 4.40. The second kappa shape index (κ2) is 9.08. The van der Waals surface area contributed by atoms with E-state index in [1.165, 1.54) is 34.2 Å². The van der Waals surface area contributed by atoms with Crippen LogP contribution >= 0.6 is 34.7 Å². The number of rotatable bonds is 6. The van der Waals surface area contributed by atoms with Crippen LogP contribution in [0.1, 0.15) is 43.7 Å². The van der Waals surface area contributed by atoms with Gasteiger partial charge in [-0.2, -0.15) is 0 Å². The SMILES string of the molecule is CC1CCc2c(-c3nnc(SCC(=O)Nc4cccnc4Cl)n3C(C)C)csc2C1. The van der Waals surface area contributed by atoms with Gasteiger partial charge in [0.1, 0.15) is 0 Å². The fraction of sp³-hybridized carbons (Fsp3) is 0.429. The summed E-state index contributed by atoms with van der Waals surface area (Å²) in [5, 5.41) is 15.0. The molecule has 3 aromatic rings. The van der Waals surface area contributed by atoms with Crippen LogP contribution in [0.4, 0.5) is 5.69 Å². The molecule has 6 nitrogen and oxygen atoms in total. The molecule has 30 heavy (non-hydrogen) atoms. The third-order valence-corrected chi connectivity index (χ3v) is 7.48. The Morgan fingerprint density at radius 2 is 2.27 bits per heavy atom. The van der Waals surface area contributed by atoms with E-state index in [2.05, 4.69) is 51.2 Å². The summed E-state index contributed by atoms with van der Waals surface area (Å²) in [5.41, 5.74) is 3.13. The predicted octanol–water partition coefficient (Wildman–Crippen LogP) is 5.49. The van der Waals surface area contributed by atoms with E-state index in [-0.39, 0.29) is 22.9 Å². The number of fused-ring (bicyclic) bond motifs is 1. The highest BCUT2D eigenvalue weighted by Crippen LogP contribution is 2.39. The lowest BCUT2D eigenvalue weighted by molar-refractivity contribution is -0.113. The van der Waals surface area contributed by atoms with E-state index < -0.39 is 0 Å². The summed E-state index contributed by atoms with van der Waals surface area (Å²) >= 11 is 9.23. The van der Waals surface area contributed by atoms with Gasteiger partial charge in [-0.15, -0.1) is 21.5 Å². The average molecular weight is 462 g/mol. The summed E-state index contributed by atoms with van der Waals surface area (Å²) in [4.78, 5) is 17.9. The Morgan fingerprint density at radius 3 is 3.03 bits per heavy atom. The number of carbonyl (C=O) groups is 1. The molecule has 0 aliphatic heterocycles. The fourth-order valence-corrected chi connectivity index (χ4v) is 5.96. The number of carbonyl (C=O) groups excluding carboxylic acids is 1. The Bertz CT molecular complexity index is 1060. The standard InChI is InChI=1S/C21H24ClN5OS2/c1-12(2)27-20(15-10-29-17-9-13(3)6-7-14(15)17)25-26-21(27)30-11-18(28)24-16-5-4-8-23-19(16)22/h4-5,8,10,12-13H,6-7,9,11H2,1-3H3,(H,24,28). The van der Waals surface area contributed by atoms with Crippen LogP contribution < -0.4 is 5.32 Å². The maximum atomic E-state index is 12.4. The van der Waals surface area contributed by atoms with E-state index in [9.17, 15) is 4.79 Å². The van der Waals surface area contributed by atoms with Crippen LogP contribution in [0.5, 0.6) is 0 Å². The molecule has 0 saturated heterocycles. The number of nitrogens with one attached hydrogen (secondary N) is 1. The number of pyridine rings is 1. The van der Waals surface area contributed by atoms with Crippen LogP contribution in [0, 0.1) is 5.92 Å². The quantitative estimate of drug-likeness (QED) is 0.388. The summed E-state index contributed by atoms with van der Waals surface area (Å²) in [6, 6.07) is 3.65. The van der Waals surface area contributed by atoms with Gasteiger partial charge in [-0.3, -0.25) is 9.36 Å². The number of nitrogens with zero attached hydrogens (tertiary/aromatic N) is 4. The second-order valence-corrected chi connectivity index (χ2v) is 10.1. The van der Waals surface area contributed by atoms with E-state index >= 15 is 0 Å². The van der Waals surface area contributed by atoms with Gasteiger partial charge in [-0.1, -0.05) is 30.3 Å². The molecule has 4 rings (SSSR count). The van der Waals surface area contributed by atoms with E-state index in [0.717, 1.165) is 29.7 Å². The molecule has 3 heterocycles. The van der Waals surface area contributed by atoms with Gasteiger partial charge < -0.3 is 5.32 Å². The zero-order valence-electron chi connectivity index (χ0n) is 17.2. The molecule has 0 saturated carbocycles. The van der Waals surface area contributed by atoms with Gasteiger partial charge in [0.05, 0.1) is 11.4 Å². The number of hydrogen-bond donors (Lipinski definition) is 1. The van der Waals surface area contributed by atoms with E-state index in [4.69, 9.17) is 11.6 Å². The highest BCUT2D eigenvalue weighted by molar-refractivity contribution is 7.99. The van der Waals surface area contributed by atoms with Gasteiger partial charge >= 0.3 is 0 Å². The Labute approximate surface area is 189 Å². The second-order valence-electron chi connectivity index (χ2n) is 7.85. The van der Waals surface area contributed by atoms with Crippen molar-refractivity contribution in [1.82, 2.24) is 19.7 Å². The number of thioether (sulfide) groups is 1. The predicted molar refractivity (Wildman–Crippen MR) is 124 cm³/mol. The van der Waals surface area contributed by atoms with Gasteiger partial charge in [0.2, 0.25) is 5.91 Å². The van der Waals surface area contributed by atoms with Gasteiger partial charge in [0, 0.05) is 28.1 Å². The van der Waals surface area contributed by atoms with E-state index in [1.807, 2.05) is 11.3 Å². The average Bonchev–Trinajstić information content (AvgIpc) is 3.31. The van der Waals surface area contributed by atoms with Crippen LogP contribution in [0.15, 0.2) is 28.9 Å². The summed E-state index contributed by atoms with van der Waals surface area (Å²) in [7, 11) is 0. The fourth-order valence-electron chi connectivity index (χ4n) is 3.69. The van der Waals surface area contributed by atoms with Crippen LogP contribution in [0.3, 0.4) is 0 Å². The topological polar surface area (TPSA) is 72.7 Å². The lowest BCUT2D eigenvalue weighted by Crippen LogP contribution is -2.15. The molecular formula is C21H24ClN5OS2. The first-order chi connectivity index (χ1) is 14.4. The number of halogens is 1. The zero-order valence-corrected chi connectivity index (χ0v) is 19.6. The maximum absolute atomic E-state index is 12.4. The monoisotopic (exact) mass is 461 g/mol. The van der Waals surface area contributed by atoms with Crippen LogP contribution in [-0.2, 0) is 17.6 Å². The summed E-state index contributed by atoms with van der Waals surface area (Å²) in [6.45, 7) is 6.55. The van der Waals surface area contributed by atoms with Crippen LogP contribution in [0.2, 0.25) is 5.15 Å². The number of amides is 1. The molecule has 0 aromatic carbocycles. The summed E-state index contributed by atoms with van der Waals surface area (Å²) < 4.78 is 2.13. The highest BCUT2D eigenvalue weighted by atomic mass is 35.5. The van der Waals surface area contributed by atoms with Crippen molar-refractivity contribution < 1.29 is 4.79 Å². The van der Waals surface area contributed by atoms with E-state index in [1.54, 1.807) is 18.3 Å². The molecule has 0 spiro atoms. The maximum Gasteiger partial charge on any atom is 0.234 e. The minimum absolute atomic E-state index is 0.156. The first-order valence-electron chi connectivity index (χ1n) is 10.0. The van der Waals surface area contributed by atoms with Gasteiger partial charge in [0.15, 0.2) is 16.1 Å². The summed E-state index contributed by atoms with van der Waals surface area (Å²) in [6.07, 6.45) is 5.04. The molecule has 1 unspecified atom stereocenters. The number of thiophene rings is 1. The Kier molecular flexibility index (Phi) is 6.46. The van der Waals surface area contributed by atoms with Crippen molar-refractivity contribution in [2.75, 3.05) is 11.1 Å². The van der Waals surface area contributed by atoms with Gasteiger partial charge in [-0.05, 0) is 56.7 Å². The number of aromatic nitrogens is 4. The van der Waals surface area contributed by atoms with Crippen molar-refractivity contribution in [3.05, 3.63) is 39.3 Å². The molecule has 9 heteroatoms. The van der Waals surface area contributed by atoms with Crippen molar-refractivity contribution in [1.29, 1.82) is 0 Å². The first-order valence-corrected chi connectivity index (χ1v) is 12.3. The van der Waals surface area contributed by atoms with Gasteiger partial charge in [-0.25, -0.2) is 4.98 Å². The minimum Gasteiger partial charge on any atom is -0.323 e.